The number of hydrogen-bond acceptors (Lipinski definition) is 3. The summed E-state index contributed by atoms with van der Waals surface area (Å²) in [6, 6.07) is 5.63. The molecular weight excluding hydrogens is 248 g/mol. The summed E-state index contributed by atoms with van der Waals surface area (Å²) in [7, 11) is 0. The lowest BCUT2D eigenvalue weighted by Crippen LogP contribution is -2.37. The molecule has 2 heterocycles. The highest BCUT2D eigenvalue weighted by Crippen LogP contribution is 2.19. The molecule has 0 aliphatic carbocycles. The molecule has 2 aromatic heterocycles. The van der Waals surface area contributed by atoms with Crippen LogP contribution < -0.4 is 5.73 Å². The molecule has 2 amide bonds. The molecule has 0 aliphatic heterocycles. The number of pyridine rings is 1. The van der Waals surface area contributed by atoms with Crippen LogP contribution in [-0.4, -0.2) is 39.2 Å². The second-order valence-electron chi connectivity index (χ2n) is 3.79. The minimum atomic E-state index is -0.362. The van der Waals surface area contributed by atoms with Crippen molar-refractivity contribution in [2.45, 2.75) is 11.9 Å². The van der Waals surface area contributed by atoms with Gasteiger partial charge in [0, 0.05) is 31.2 Å². The normalized spacial score (nSPS) is 10.7. The second-order valence-corrected chi connectivity index (χ2v) is 4.90. The molecule has 0 atom stereocenters. The van der Waals surface area contributed by atoms with Crippen LogP contribution in [-0.2, 0) is 0 Å². The van der Waals surface area contributed by atoms with Crippen molar-refractivity contribution in [3.8, 4) is 0 Å². The van der Waals surface area contributed by atoms with E-state index in [0.29, 0.717) is 13.1 Å². The van der Waals surface area contributed by atoms with Gasteiger partial charge in [0.15, 0.2) is 0 Å². The van der Waals surface area contributed by atoms with E-state index in [2.05, 4.69) is 4.98 Å². The second kappa shape index (κ2) is 5.77. The van der Waals surface area contributed by atoms with Crippen molar-refractivity contribution in [1.82, 2.24) is 14.3 Å². The lowest BCUT2D eigenvalue weighted by molar-refractivity contribution is 0.213. The third-order valence-electron chi connectivity index (χ3n) is 2.70. The molecule has 0 aliphatic rings. The Bertz CT molecular complexity index is 540. The predicted molar refractivity (Wildman–Crippen MR) is 72.7 cm³/mol. The molecule has 2 aromatic rings. The highest BCUT2D eigenvalue weighted by molar-refractivity contribution is 7.99. The molecule has 0 aromatic carbocycles. The Morgan fingerprint density at radius 3 is 3.11 bits per heavy atom. The Labute approximate surface area is 110 Å². The minimum Gasteiger partial charge on any atom is -0.351 e. The zero-order valence-electron chi connectivity index (χ0n) is 10.2. The average molecular weight is 264 g/mol. The van der Waals surface area contributed by atoms with E-state index in [0.717, 1.165) is 16.4 Å². The Morgan fingerprint density at radius 2 is 2.39 bits per heavy atom. The van der Waals surface area contributed by atoms with Gasteiger partial charge in [-0.05, 0) is 19.1 Å². The lowest BCUT2D eigenvalue weighted by Gasteiger charge is -2.17. The number of hydrogen-bond donors (Lipinski definition) is 1. The standard InChI is InChI=1S/C12H16N4OS/c1-2-15(12(13)17)8-9-18-11-5-3-4-10-14-6-7-16(10)11/h3-7H,2,8-9H2,1H3,(H2,13,17). The fraction of sp³-hybridized carbons (Fsp3) is 0.333. The molecule has 0 unspecified atom stereocenters. The van der Waals surface area contributed by atoms with Crippen LogP contribution in [0.5, 0.6) is 0 Å². The zero-order valence-corrected chi connectivity index (χ0v) is 11.1. The predicted octanol–water partition coefficient (Wildman–Crippen LogP) is 1.83. The first kappa shape index (κ1) is 12.8. The molecule has 5 nitrogen and oxygen atoms in total. The number of fused-ring (bicyclic) bond motifs is 1. The van der Waals surface area contributed by atoms with Crippen LogP contribution in [0.4, 0.5) is 4.79 Å². The number of imidazole rings is 1. The summed E-state index contributed by atoms with van der Waals surface area (Å²) in [6.45, 7) is 3.22. The molecule has 96 valence electrons. The molecule has 6 heteroatoms. The first-order chi connectivity index (χ1) is 8.72. The smallest absolute Gasteiger partial charge is 0.314 e. The van der Waals surface area contributed by atoms with Gasteiger partial charge in [-0.15, -0.1) is 11.8 Å². The number of nitrogens with two attached hydrogens (primary N) is 1. The number of thioether (sulfide) groups is 1. The molecule has 2 N–H and O–H groups in total. The number of urea groups is 1. The molecular formula is C12H16N4OS. The Balaban J connectivity index is 1.98. The van der Waals surface area contributed by atoms with Crippen LogP contribution in [0.15, 0.2) is 35.6 Å². The van der Waals surface area contributed by atoms with Gasteiger partial charge in [0.1, 0.15) is 5.65 Å². The van der Waals surface area contributed by atoms with Crippen molar-refractivity contribution < 1.29 is 4.79 Å². The van der Waals surface area contributed by atoms with Crippen LogP contribution in [0.3, 0.4) is 0 Å². The maximum Gasteiger partial charge on any atom is 0.314 e. The number of rotatable bonds is 5. The van der Waals surface area contributed by atoms with Gasteiger partial charge in [-0.1, -0.05) is 6.07 Å². The third-order valence-corrected chi connectivity index (χ3v) is 3.71. The van der Waals surface area contributed by atoms with E-state index >= 15 is 0 Å². The third kappa shape index (κ3) is 2.76. The van der Waals surface area contributed by atoms with E-state index in [1.54, 1.807) is 22.9 Å². The Hall–Kier alpha value is -1.69. The van der Waals surface area contributed by atoms with Crippen molar-refractivity contribution >= 4 is 23.4 Å². The summed E-state index contributed by atoms with van der Waals surface area (Å²) in [5, 5.41) is 1.12. The topological polar surface area (TPSA) is 63.6 Å². The van der Waals surface area contributed by atoms with Crippen molar-refractivity contribution in [1.29, 1.82) is 0 Å². The molecule has 18 heavy (non-hydrogen) atoms. The summed E-state index contributed by atoms with van der Waals surface area (Å²) in [4.78, 5) is 16.9. The molecule has 0 radical (unpaired) electrons. The van der Waals surface area contributed by atoms with Gasteiger partial charge >= 0.3 is 6.03 Å². The summed E-state index contributed by atoms with van der Waals surface area (Å²) < 4.78 is 2.03. The highest BCUT2D eigenvalue weighted by Gasteiger charge is 2.07. The summed E-state index contributed by atoms with van der Waals surface area (Å²) in [5.74, 6) is 0.814. The van der Waals surface area contributed by atoms with Crippen LogP contribution in [0.25, 0.3) is 5.65 Å². The van der Waals surface area contributed by atoms with E-state index in [9.17, 15) is 4.79 Å². The first-order valence-electron chi connectivity index (χ1n) is 5.81. The van der Waals surface area contributed by atoms with E-state index in [4.69, 9.17) is 5.73 Å². The fourth-order valence-corrected chi connectivity index (χ4v) is 2.71. The lowest BCUT2D eigenvalue weighted by atomic mass is 10.5. The number of aromatic nitrogens is 2. The molecule has 0 bridgehead atoms. The fourth-order valence-electron chi connectivity index (χ4n) is 1.72. The summed E-state index contributed by atoms with van der Waals surface area (Å²) in [5.41, 5.74) is 6.20. The van der Waals surface area contributed by atoms with E-state index < -0.39 is 0 Å². The largest absolute Gasteiger partial charge is 0.351 e. The monoisotopic (exact) mass is 264 g/mol. The van der Waals surface area contributed by atoms with Crippen LogP contribution in [0, 0.1) is 0 Å². The summed E-state index contributed by atoms with van der Waals surface area (Å²) in [6.07, 6.45) is 3.71. The quantitative estimate of drug-likeness (QED) is 0.838. The van der Waals surface area contributed by atoms with Crippen LogP contribution in [0.1, 0.15) is 6.92 Å². The van der Waals surface area contributed by atoms with Gasteiger partial charge in [-0.2, -0.15) is 0 Å². The summed E-state index contributed by atoms with van der Waals surface area (Å²) >= 11 is 1.69. The number of amides is 2. The highest BCUT2D eigenvalue weighted by atomic mass is 32.2. The first-order valence-corrected chi connectivity index (χ1v) is 6.80. The van der Waals surface area contributed by atoms with Gasteiger partial charge in [-0.3, -0.25) is 4.40 Å². The van der Waals surface area contributed by atoms with Crippen molar-refractivity contribution in [3.63, 3.8) is 0 Å². The van der Waals surface area contributed by atoms with Crippen molar-refractivity contribution in [2.75, 3.05) is 18.8 Å². The van der Waals surface area contributed by atoms with Gasteiger partial charge in [0.05, 0.1) is 5.03 Å². The van der Waals surface area contributed by atoms with Gasteiger partial charge in [0.2, 0.25) is 0 Å². The SMILES string of the molecule is CCN(CCSc1cccc2nccn12)C(N)=O. The number of carbonyl (C=O) groups is 1. The van der Waals surface area contributed by atoms with E-state index in [1.165, 1.54) is 0 Å². The zero-order chi connectivity index (χ0) is 13.0. The molecule has 2 rings (SSSR count). The van der Waals surface area contributed by atoms with Crippen LogP contribution in [0.2, 0.25) is 0 Å². The van der Waals surface area contributed by atoms with Gasteiger partial charge in [-0.25, -0.2) is 9.78 Å². The molecule has 0 fully saturated rings. The van der Waals surface area contributed by atoms with E-state index in [-0.39, 0.29) is 6.03 Å². The van der Waals surface area contributed by atoms with E-state index in [1.807, 2.05) is 35.7 Å². The molecule has 0 saturated heterocycles. The molecule has 0 saturated carbocycles. The maximum atomic E-state index is 11.1. The van der Waals surface area contributed by atoms with Crippen molar-refractivity contribution in [3.05, 3.63) is 30.6 Å². The average Bonchev–Trinajstić information content (AvgIpc) is 2.83. The number of carbonyl (C=O) groups excluding carboxylic acids is 1. The number of primary amides is 1. The Kier molecular flexibility index (Phi) is 4.09. The Morgan fingerprint density at radius 1 is 1.56 bits per heavy atom. The minimum absolute atomic E-state index is 0.362. The van der Waals surface area contributed by atoms with Gasteiger partial charge < -0.3 is 10.6 Å². The van der Waals surface area contributed by atoms with Crippen LogP contribution >= 0.6 is 11.8 Å². The number of nitrogens with zero attached hydrogens (tertiary/aromatic N) is 3. The van der Waals surface area contributed by atoms with Crippen molar-refractivity contribution in [2.24, 2.45) is 5.73 Å². The molecule has 0 spiro atoms. The van der Waals surface area contributed by atoms with Gasteiger partial charge in [0.25, 0.3) is 0 Å². The maximum absolute atomic E-state index is 11.1.